The van der Waals surface area contributed by atoms with Crippen LogP contribution in [0, 0.1) is 12.8 Å². The Kier molecular flexibility index (Phi) is 3.05. The molecule has 1 aliphatic rings. The van der Waals surface area contributed by atoms with Gasteiger partial charge >= 0.3 is 0 Å². The molecule has 0 radical (unpaired) electrons. The van der Waals surface area contributed by atoms with Gasteiger partial charge < -0.3 is 4.42 Å². The van der Waals surface area contributed by atoms with Crippen molar-refractivity contribution in [2.45, 2.75) is 33.1 Å². The van der Waals surface area contributed by atoms with Gasteiger partial charge in [0.2, 0.25) is 10.0 Å². The van der Waals surface area contributed by atoms with Crippen molar-refractivity contribution in [3.05, 3.63) is 29.0 Å². The first kappa shape index (κ1) is 13.5. The predicted molar refractivity (Wildman–Crippen MR) is 80.6 cm³/mol. The highest BCUT2D eigenvalue weighted by Gasteiger charge is 2.22. The van der Waals surface area contributed by atoms with Gasteiger partial charge in [-0.15, -0.1) is 0 Å². The van der Waals surface area contributed by atoms with E-state index in [-0.39, 0.29) is 0 Å². The number of furan rings is 1. The van der Waals surface area contributed by atoms with E-state index in [1.54, 1.807) is 0 Å². The molecule has 1 heterocycles. The summed E-state index contributed by atoms with van der Waals surface area (Å²) in [7, 11) is -3.26. The number of hydrogen-bond acceptors (Lipinski definition) is 3. The molecule has 1 N–H and O–H groups in total. The maximum absolute atomic E-state index is 11.4. The Labute approximate surface area is 119 Å². The Morgan fingerprint density at radius 2 is 2.10 bits per heavy atom. The summed E-state index contributed by atoms with van der Waals surface area (Å²) >= 11 is 0. The summed E-state index contributed by atoms with van der Waals surface area (Å²) in [6.45, 7) is 4.13. The van der Waals surface area contributed by atoms with Gasteiger partial charge in [0.05, 0.1) is 11.9 Å². The molecule has 1 unspecified atom stereocenters. The summed E-state index contributed by atoms with van der Waals surface area (Å²) in [4.78, 5) is 0. The fraction of sp³-hybridized carbons (Fsp3) is 0.467. The summed E-state index contributed by atoms with van der Waals surface area (Å²) in [6, 6.07) is 3.83. The van der Waals surface area contributed by atoms with Crippen molar-refractivity contribution in [3.8, 4) is 0 Å². The number of hydrogen-bond donors (Lipinski definition) is 1. The first-order valence-corrected chi connectivity index (χ1v) is 8.75. The molecule has 3 rings (SSSR count). The maximum Gasteiger partial charge on any atom is 0.229 e. The van der Waals surface area contributed by atoms with Gasteiger partial charge in [-0.2, -0.15) is 0 Å². The Hall–Kier alpha value is -1.49. The van der Waals surface area contributed by atoms with Gasteiger partial charge in [0.25, 0.3) is 0 Å². The lowest BCUT2D eigenvalue weighted by molar-refractivity contribution is 0.438. The fourth-order valence-electron chi connectivity index (χ4n) is 2.91. The average Bonchev–Trinajstić information content (AvgIpc) is 2.65. The highest BCUT2D eigenvalue weighted by atomic mass is 32.2. The smallest absolute Gasteiger partial charge is 0.229 e. The Morgan fingerprint density at radius 1 is 1.35 bits per heavy atom. The molecular formula is C15H19NO3S. The van der Waals surface area contributed by atoms with Gasteiger partial charge in [0.15, 0.2) is 0 Å². The topological polar surface area (TPSA) is 59.3 Å². The zero-order valence-electron chi connectivity index (χ0n) is 12.0. The number of fused-ring (bicyclic) bond motifs is 3. The van der Waals surface area contributed by atoms with Crippen LogP contribution < -0.4 is 4.72 Å². The van der Waals surface area contributed by atoms with E-state index in [2.05, 4.69) is 11.6 Å². The summed E-state index contributed by atoms with van der Waals surface area (Å²) < 4.78 is 31.4. The van der Waals surface area contributed by atoms with Gasteiger partial charge in [-0.1, -0.05) is 6.92 Å². The monoisotopic (exact) mass is 293 g/mol. The van der Waals surface area contributed by atoms with Crippen LogP contribution >= 0.6 is 0 Å². The van der Waals surface area contributed by atoms with Gasteiger partial charge in [0, 0.05) is 17.4 Å². The molecule has 0 bridgehead atoms. The van der Waals surface area contributed by atoms with Crippen LogP contribution in [-0.2, 0) is 22.9 Å². The summed E-state index contributed by atoms with van der Waals surface area (Å²) in [6.07, 6.45) is 4.30. The molecule has 1 aromatic heterocycles. The highest BCUT2D eigenvalue weighted by Crippen LogP contribution is 2.36. The van der Waals surface area contributed by atoms with Gasteiger partial charge in [-0.3, -0.25) is 4.72 Å². The number of anilines is 1. The van der Waals surface area contributed by atoms with Crippen molar-refractivity contribution in [2.24, 2.45) is 5.92 Å². The lowest BCUT2D eigenvalue weighted by Crippen LogP contribution is -2.11. The number of benzene rings is 1. The van der Waals surface area contributed by atoms with Crippen LogP contribution in [0.5, 0.6) is 0 Å². The van der Waals surface area contributed by atoms with E-state index in [0.29, 0.717) is 11.6 Å². The molecule has 0 spiro atoms. The van der Waals surface area contributed by atoms with E-state index in [9.17, 15) is 8.42 Å². The van der Waals surface area contributed by atoms with Gasteiger partial charge in [0.1, 0.15) is 11.3 Å². The molecule has 1 aliphatic carbocycles. The molecule has 4 nitrogen and oxygen atoms in total. The first-order valence-electron chi connectivity index (χ1n) is 6.86. The van der Waals surface area contributed by atoms with Crippen LogP contribution in [0.1, 0.15) is 30.2 Å². The second-order valence-electron chi connectivity index (χ2n) is 5.89. The van der Waals surface area contributed by atoms with Crippen molar-refractivity contribution in [1.82, 2.24) is 0 Å². The van der Waals surface area contributed by atoms with Gasteiger partial charge in [-0.05, 0) is 43.4 Å². The number of sulfonamides is 1. The molecule has 108 valence electrons. The SMILES string of the molecule is Cc1cc2oc3c(c2cc1NS(C)(=O)=O)CC(C)CC3. The Bertz CT molecular complexity index is 774. The van der Waals surface area contributed by atoms with Crippen molar-refractivity contribution in [3.63, 3.8) is 0 Å². The van der Waals surface area contributed by atoms with E-state index in [0.717, 1.165) is 41.6 Å². The van der Waals surface area contributed by atoms with Crippen LogP contribution in [0.4, 0.5) is 5.69 Å². The molecule has 0 amide bonds. The van der Waals surface area contributed by atoms with E-state index < -0.39 is 10.0 Å². The molecular weight excluding hydrogens is 274 g/mol. The van der Waals surface area contributed by atoms with Crippen LogP contribution in [-0.4, -0.2) is 14.7 Å². The van der Waals surface area contributed by atoms with Crippen molar-refractivity contribution >= 4 is 26.7 Å². The quantitative estimate of drug-likeness (QED) is 0.924. The molecule has 0 saturated carbocycles. The Balaban J connectivity index is 2.16. The van der Waals surface area contributed by atoms with E-state index in [4.69, 9.17) is 4.42 Å². The van der Waals surface area contributed by atoms with Gasteiger partial charge in [-0.25, -0.2) is 8.42 Å². The molecule has 0 fully saturated rings. The maximum atomic E-state index is 11.4. The molecule has 2 aromatic rings. The predicted octanol–water partition coefficient (Wildman–Crippen LogP) is 3.24. The number of nitrogens with one attached hydrogen (secondary N) is 1. The summed E-state index contributed by atoms with van der Waals surface area (Å²) in [5.41, 5.74) is 3.62. The molecule has 20 heavy (non-hydrogen) atoms. The van der Waals surface area contributed by atoms with Crippen molar-refractivity contribution in [2.75, 3.05) is 11.0 Å². The second kappa shape index (κ2) is 4.52. The zero-order valence-corrected chi connectivity index (χ0v) is 12.8. The van der Waals surface area contributed by atoms with Crippen molar-refractivity contribution in [1.29, 1.82) is 0 Å². The molecule has 1 aromatic carbocycles. The molecule has 0 saturated heterocycles. The molecule has 5 heteroatoms. The largest absolute Gasteiger partial charge is 0.461 e. The van der Waals surface area contributed by atoms with Crippen LogP contribution in [0.25, 0.3) is 11.0 Å². The standard InChI is InChI=1S/C15H19NO3S/c1-9-4-5-14-11(6-9)12-8-13(16-20(3,17)18)10(2)7-15(12)19-14/h7-9,16H,4-6H2,1-3H3. The summed E-state index contributed by atoms with van der Waals surface area (Å²) in [5.74, 6) is 1.71. The van der Waals surface area contributed by atoms with Crippen LogP contribution in [0.2, 0.25) is 0 Å². The van der Waals surface area contributed by atoms with E-state index in [1.807, 2.05) is 19.1 Å². The van der Waals surface area contributed by atoms with Crippen LogP contribution in [0.15, 0.2) is 16.5 Å². The normalized spacial score (nSPS) is 19.1. The van der Waals surface area contributed by atoms with E-state index >= 15 is 0 Å². The lowest BCUT2D eigenvalue weighted by Gasteiger charge is -2.16. The minimum Gasteiger partial charge on any atom is -0.461 e. The highest BCUT2D eigenvalue weighted by molar-refractivity contribution is 7.92. The second-order valence-corrected chi connectivity index (χ2v) is 7.64. The third-order valence-electron chi connectivity index (χ3n) is 3.93. The summed E-state index contributed by atoms with van der Waals surface area (Å²) in [5, 5.41) is 1.04. The number of rotatable bonds is 2. The lowest BCUT2D eigenvalue weighted by atomic mass is 9.88. The van der Waals surface area contributed by atoms with Crippen molar-refractivity contribution < 1.29 is 12.8 Å². The first-order chi connectivity index (χ1) is 9.33. The van der Waals surface area contributed by atoms with Crippen LogP contribution in [0.3, 0.4) is 0 Å². The molecule has 0 aliphatic heterocycles. The zero-order chi connectivity index (χ0) is 14.5. The number of aryl methyl sites for hydroxylation is 2. The minimum atomic E-state index is -3.26. The molecule has 1 atom stereocenters. The third kappa shape index (κ3) is 2.42. The minimum absolute atomic E-state index is 0.641. The third-order valence-corrected chi connectivity index (χ3v) is 4.52. The van der Waals surface area contributed by atoms with E-state index in [1.165, 1.54) is 11.8 Å². The Morgan fingerprint density at radius 3 is 2.80 bits per heavy atom. The average molecular weight is 293 g/mol. The fourth-order valence-corrected chi connectivity index (χ4v) is 3.53.